The molecule has 2 nitrogen and oxygen atoms in total. The molecule has 1 heterocycles. The van der Waals surface area contributed by atoms with Crippen LogP contribution in [0.5, 0.6) is 0 Å². The largest absolute Gasteiger partial charge is 0.388 e. The Kier molecular flexibility index (Phi) is 5.02. The summed E-state index contributed by atoms with van der Waals surface area (Å²) in [5, 5.41) is 10.1. The summed E-state index contributed by atoms with van der Waals surface area (Å²) in [6.45, 7) is 3.44. The SMILES string of the molecule is OC(CCN1CCCCCC1)c1ccccc1. The Labute approximate surface area is 104 Å². The Morgan fingerprint density at radius 3 is 2.29 bits per heavy atom. The molecule has 1 aliphatic rings. The minimum Gasteiger partial charge on any atom is -0.388 e. The number of hydrogen-bond acceptors (Lipinski definition) is 2. The minimum atomic E-state index is -0.306. The van der Waals surface area contributed by atoms with Crippen molar-refractivity contribution in [3.8, 4) is 0 Å². The van der Waals surface area contributed by atoms with Gasteiger partial charge in [-0.3, -0.25) is 0 Å². The molecule has 0 bridgehead atoms. The Bertz CT molecular complexity index is 304. The first-order valence-corrected chi connectivity index (χ1v) is 6.81. The molecule has 2 heteroatoms. The number of benzene rings is 1. The van der Waals surface area contributed by atoms with Gasteiger partial charge in [-0.15, -0.1) is 0 Å². The first kappa shape index (κ1) is 12.6. The molecule has 0 radical (unpaired) electrons. The molecule has 2 rings (SSSR count). The Hall–Kier alpha value is -0.860. The average molecular weight is 233 g/mol. The van der Waals surface area contributed by atoms with Gasteiger partial charge in [-0.05, 0) is 37.9 Å². The zero-order chi connectivity index (χ0) is 11.9. The smallest absolute Gasteiger partial charge is 0.0802 e. The van der Waals surface area contributed by atoms with Crippen molar-refractivity contribution in [1.29, 1.82) is 0 Å². The zero-order valence-corrected chi connectivity index (χ0v) is 10.5. The number of nitrogens with zero attached hydrogens (tertiary/aromatic N) is 1. The second kappa shape index (κ2) is 6.77. The molecule has 1 atom stereocenters. The zero-order valence-electron chi connectivity index (χ0n) is 10.5. The lowest BCUT2D eigenvalue weighted by Crippen LogP contribution is -2.26. The predicted octanol–water partition coefficient (Wildman–Crippen LogP) is 2.99. The van der Waals surface area contributed by atoms with Crippen molar-refractivity contribution < 1.29 is 5.11 Å². The quantitative estimate of drug-likeness (QED) is 0.864. The standard InChI is InChI=1S/C15H23NO/c17-15(14-8-4-3-5-9-14)10-13-16-11-6-1-2-7-12-16/h3-5,8-9,15,17H,1-2,6-7,10-13H2. The van der Waals surface area contributed by atoms with E-state index in [2.05, 4.69) is 4.90 Å². The summed E-state index contributed by atoms with van der Waals surface area (Å²) < 4.78 is 0. The van der Waals surface area contributed by atoms with Crippen molar-refractivity contribution in [3.63, 3.8) is 0 Å². The topological polar surface area (TPSA) is 23.5 Å². The predicted molar refractivity (Wildman–Crippen MR) is 70.9 cm³/mol. The van der Waals surface area contributed by atoms with Crippen LogP contribution < -0.4 is 0 Å². The molecule has 17 heavy (non-hydrogen) atoms. The van der Waals surface area contributed by atoms with Crippen LogP contribution in [-0.4, -0.2) is 29.6 Å². The lowest BCUT2D eigenvalue weighted by atomic mass is 10.1. The fourth-order valence-corrected chi connectivity index (χ4v) is 2.51. The second-order valence-corrected chi connectivity index (χ2v) is 4.97. The van der Waals surface area contributed by atoms with Crippen LogP contribution in [0.2, 0.25) is 0 Å². The van der Waals surface area contributed by atoms with Gasteiger partial charge in [-0.1, -0.05) is 43.2 Å². The highest BCUT2D eigenvalue weighted by molar-refractivity contribution is 5.17. The molecular formula is C15H23NO. The molecule has 0 amide bonds. The third kappa shape index (κ3) is 4.14. The van der Waals surface area contributed by atoms with E-state index in [1.54, 1.807) is 0 Å². The third-order valence-corrected chi connectivity index (χ3v) is 3.60. The normalized spacial score (nSPS) is 19.8. The molecule has 0 spiro atoms. The minimum absolute atomic E-state index is 0.306. The van der Waals surface area contributed by atoms with Gasteiger partial charge in [0.15, 0.2) is 0 Å². The fraction of sp³-hybridized carbons (Fsp3) is 0.600. The maximum Gasteiger partial charge on any atom is 0.0802 e. The van der Waals surface area contributed by atoms with E-state index in [4.69, 9.17) is 0 Å². The van der Waals surface area contributed by atoms with Crippen molar-refractivity contribution in [2.24, 2.45) is 0 Å². The molecule has 94 valence electrons. The highest BCUT2D eigenvalue weighted by Crippen LogP contribution is 2.17. The molecule has 1 aromatic carbocycles. The maximum absolute atomic E-state index is 10.1. The van der Waals surface area contributed by atoms with Crippen LogP contribution in [0.1, 0.15) is 43.8 Å². The number of rotatable bonds is 4. The first-order chi connectivity index (χ1) is 8.36. The van der Waals surface area contributed by atoms with Gasteiger partial charge in [0.2, 0.25) is 0 Å². The van der Waals surface area contributed by atoms with Gasteiger partial charge in [-0.2, -0.15) is 0 Å². The van der Waals surface area contributed by atoms with Crippen LogP contribution >= 0.6 is 0 Å². The first-order valence-electron chi connectivity index (χ1n) is 6.81. The van der Waals surface area contributed by atoms with Crippen molar-refractivity contribution >= 4 is 0 Å². The maximum atomic E-state index is 10.1. The number of likely N-dealkylation sites (tertiary alicyclic amines) is 1. The van der Waals surface area contributed by atoms with E-state index in [9.17, 15) is 5.11 Å². The van der Waals surface area contributed by atoms with E-state index in [-0.39, 0.29) is 6.10 Å². The Morgan fingerprint density at radius 2 is 1.65 bits per heavy atom. The van der Waals surface area contributed by atoms with Crippen LogP contribution in [0.4, 0.5) is 0 Å². The van der Waals surface area contributed by atoms with E-state index >= 15 is 0 Å². The summed E-state index contributed by atoms with van der Waals surface area (Å²) in [5.74, 6) is 0. The lowest BCUT2D eigenvalue weighted by Gasteiger charge is -2.21. The fourth-order valence-electron chi connectivity index (χ4n) is 2.51. The van der Waals surface area contributed by atoms with Gasteiger partial charge in [0.05, 0.1) is 6.10 Å². The van der Waals surface area contributed by atoms with Gasteiger partial charge < -0.3 is 10.0 Å². The molecule has 1 aliphatic heterocycles. The summed E-state index contributed by atoms with van der Waals surface area (Å²) in [6, 6.07) is 9.99. The Balaban J connectivity index is 1.77. The summed E-state index contributed by atoms with van der Waals surface area (Å²) in [6.07, 6.45) is 5.93. The van der Waals surface area contributed by atoms with Crippen molar-refractivity contribution in [1.82, 2.24) is 4.90 Å². The van der Waals surface area contributed by atoms with E-state index in [0.29, 0.717) is 0 Å². The Morgan fingerprint density at radius 1 is 1.00 bits per heavy atom. The molecule has 1 fully saturated rings. The highest BCUT2D eigenvalue weighted by Gasteiger charge is 2.12. The van der Waals surface area contributed by atoms with Crippen LogP contribution in [0, 0.1) is 0 Å². The van der Waals surface area contributed by atoms with Gasteiger partial charge >= 0.3 is 0 Å². The van der Waals surface area contributed by atoms with E-state index in [1.165, 1.54) is 38.8 Å². The lowest BCUT2D eigenvalue weighted by molar-refractivity contribution is 0.143. The summed E-state index contributed by atoms with van der Waals surface area (Å²) in [7, 11) is 0. The molecular weight excluding hydrogens is 210 g/mol. The van der Waals surface area contributed by atoms with Crippen molar-refractivity contribution in [2.75, 3.05) is 19.6 Å². The number of aliphatic hydroxyl groups excluding tert-OH is 1. The summed E-state index contributed by atoms with van der Waals surface area (Å²) >= 11 is 0. The molecule has 1 aromatic rings. The van der Waals surface area contributed by atoms with E-state index < -0.39 is 0 Å². The van der Waals surface area contributed by atoms with E-state index in [1.807, 2.05) is 30.3 Å². The molecule has 0 aliphatic carbocycles. The second-order valence-electron chi connectivity index (χ2n) is 4.97. The van der Waals surface area contributed by atoms with Gasteiger partial charge in [0.25, 0.3) is 0 Å². The number of aliphatic hydroxyl groups is 1. The summed E-state index contributed by atoms with van der Waals surface area (Å²) in [4.78, 5) is 2.50. The van der Waals surface area contributed by atoms with Gasteiger partial charge in [-0.25, -0.2) is 0 Å². The van der Waals surface area contributed by atoms with Crippen LogP contribution in [0.15, 0.2) is 30.3 Å². The monoisotopic (exact) mass is 233 g/mol. The van der Waals surface area contributed by atoms with Crippen LogP contribution in [-0.2, 0) is 0 Å². The van der Waals surface area contributed by atoms with Gasteiger partial charge in [0.1, 0.15) is 0 Å². The summed E-state index contributed by atoms with van der Waals surface area (Å²) in [5.41, 5.74) is 1.04. The van der Waals surface area contributed by atoms with Crippen molar-refractivity contribution in [3.05, 3.63) is 35.9 Å². The molecule has 0 saturated carbocycles. The average Bonchev–Trinajstić information content (AvgIpc) is 2.65. The van der Waals surface area contributed by atoms with Crippen molar-refractivity contribution in [2.45, 2.75) is 38.2 Å². The number of hydrogen-bond donors (Lipinski definition) is 1. The molecule has 0 aromatic heterocycles. The van der Waals surface area contributed by atoms with Crippen LogP contribution in [0.3, 0.4) is 0 Å². The van der Waals surface area contributed by atoms with Crippen LogP contribution in [0.25, 0.3) is 0 Å². The molecule has 1 N–H and O–H groups in total. The third-order valence-electron chi connectivity index (χ3n) is 3.60. The highest BCUT2D eigenvalue weighted by atomic mass is 16.3. The molecule has 1 unspecified atom stereocenters. The van der Waals surface area contributed by atoms with E-state index in [0.717, 1.165) is 18.5 Å². The molecule has 1 saturated heterocycles. The van der Waals surface area contributed by atoms with Gasteiger partial charge in [0, 0.05) is 6.54 Å².